The molecule has 1 spiro atoms. The molecular weight excluding hydrogens is 324 g/mol. The maximum absolute atomic E-state index is 6.53. The number of pyridine rings is 1. The summed E-state index contributed by atoms with van der Waals surface area (Å²) in [6, 6.07) is 8.20. The van der Waals surface area contributed by atoms with Crippen LogP contribution < -0.4 is 16.0 Å². The van der Waals surface area contributed by atoms with Crippen molar-refractivity contribution in [3.8, 4) is 0 Å². The number of nitrogens with zero attached hydrogens (tertiary/aromatic N) is 4. The Morgan fingerprint density at radius 3 is 2.73 bits per heavy atom. The zero-order valence-corrected chi connectivity index (χ0v) is 14.7. The van der Waals surface area contributed by atoms with Gasteiger partial charge in [0.15, 0.2) is 0 Å². The average Bonchev–Trinajstić information content (AvgIpc) is 3.41. The third-order valence-electron chi connectivity index (χ3n) is 5.52. The lowest BCUT2D eigenvalue weighted by Gasteiger charge is -2.36. The molecule has 1 saturated heterocycles. The van der Waals surface area contributed by atoms with Crippen molar-refractivity contribution in [1.82, 2.24) is 20.3 Å². The van der Waals surface area contributed by atoms with Crippen LogP contribution in [0.5, 0.6) is 0 Å². The van der Waals surface area contributed by atoms with E-state index in [-0.39, 0.29) is 0 Å². The summed E-state index contributed by atoms with van der Waals surface area (Å²) in [6.07, 6.45) is 8.54. The highest BCUT2D eigenvalue weighted by Crippen LogP contribution is 2.40. The Kier molecular flexibility index (Phi) is 3.53. The molecule has 2 aromatic heterocycles. The van der Waals surface area contributed by atoms with E-state index in [4.69, 9.17) is 5.73 Å². The van der Waals surface area contributed by atoms with Crippen LogP contribution in [-0.4, -0.2) is 40.1 Å². The van der Waals surface area contributed by atoms with Crippen molar-refractivity contribution < 1.29 is 0 Å². The summed E-state index contributed by atoms with van der Waals surface area (Å²) in [5, 5.41) is 3.65. The maximum atomic E-state index is 6.53. The fourth-order valence-electron chi connectivity index (χ4n) is 3.88. The van der Waals surface area contributed by atoms with Gasteiger partial charge in [-0.1, -0.05) is 6.07 Å². The van der Waals surface area contributed by atoms with Gasteiger partial charge in [-0.15, -0.1) is 0 Å². The third kappa shape index (κ3) is 2.76. The monoisotopic (exact) mass is 346 g/mol. The van der Waals surface area contributed by atoms with Crippen LogP contribution in [0.4, 0.5) is 11.4 Å². The minimum Gasteiger partial charge on any atom is -0.396 e. The molecule has 6 nitrogen and oxygen atoms in total. The lowest BCUT2D eigenvalue weighted by Crippen LogP contribution is -2.52. The van der Waals surface area contributed by atoms with Crippen molar-refractivity contribution in [2.24, 2.45) is 0 Å². The molecule has 1 aliphatic carbocycles. The number of anilines is 2. The van der Waals surface area contributed by atoms with E-state index in [9.17, 15) is 0 Å². The van der Waals surface area contributed by atoms with Crippen LogP contribution in [-0.2, 0) is 6.42 Å². The van der Waals surface area contributed by atoms with Gasteiger partial charge in [-0.25, -0.2) is 0 Å². The number of fused-ring (bicyclic) bond motifs is 1. The van der Waals surface area contributed by atoms with Gasteiger partial charge in [-0.05, 0) is 36.6 Å². The van der Waals surface area contributed by atoms with E-state index < -0.39 is 0 Å². The van der Waals surface area contributed by atoms with Crippen LogP contribution in [0.25, 0.3) is 11.0 Å². The molecule has 6 heteroatoms. The fourth-order valence-corrected chi connectivity index (χ4v) is 3.88. The SMILES string of the molecule is Nc1c(N2CCNC3(CC3)C2)ccnc1Cc1ccc2nccnc2c1. The first kappa shape index (κ1) is 15.5. The number of hydrogen-bond acceptors (Lipinski definition) is 6. The lowest BCUT2D eigenvalue weighted by molar-refractivity contribution is 0.442. The van der Waals surface area contributed by atoms with Gasteiger partial charge in [0.25, 0.3) is 0 Å². The molecule has 1 saturated carbocycles. The summed E-state index contributed by atoms with van der Waals surface area (Å²) in [7, 11) is 0. The smallest absolute Gasteiger partial charge is 0.0889 e. The van der Waals surface area contributed by atoms with Gasteiger partial charge in [0.05, 0.1) is 28.1 Å². The standard InChI is InChI=1S/C20H22N6/c21-19-17(12-14-1-2-15-16(11-14)24-8-7-23-15)22-6-3-18(19)26-10-9-25-20(13-26)4-5-20/h1-3,6-8,11,25H,4-5,9-10,12-13,21H2. The molecule has 1 aromatic carbocycles. The van der Waals surface area contributed by atoms with Crippen LogP contribution in [0.1, 0.15) is 24.1 Å². The Balaban J connectivity index is 1.43. The van der Waals surface area contributed by atoms with Gasteiger partial charge >= 0.3 is 0 Å². The molecule has 5 rings (SSSR count). The van der Waals surface area contributed by atoms with Gasteiger partial charge in [-0.2, -0.15) is 0 Å². The predicted octanol–water partition coefficient (Wildman–Crippen LogP) is 2.14. The summed E-state index contributed by atoms with van der Waals surface area (Å²) in [6.45, 7) is 3.04. The molecule has 3 N–H and O–H groups in total. The number of aromatic nitrogens is 3. The first-order valence-electron chi connectivity index (χ1n) is 9.15. The molecule has 0 unspecified atom stereocenters. The number of nitrogens with two attached hydrogens (primary N) is 1. The number of rotatable bonds is 3. The molecule has 1 aliphatic heterocycles. The van der Waals surface area contributed by atoms with E-state index in [0.717, 1.165) is 53.3 Å². The van der Waals surface area contributed by atoms with Gasteiger partial charge in [0, 0.05) is 50.2 Å². The molecular formula is C20H22N6. The predicted molar refractivity (Wildman–Crippen MR) is 103 cm³/mol. The van der Waals surface area contributed by atoms with Gasteiger partial charge in [-0.3, -0.25) is 15.0 Å². The summed E-state index contributed by atoms with van der Waals surface area (Å²) >= 11 is 0. The zero-order valence-electron chi connectivity index (χ0n) is 14.7. The Bertz CT molecular complexity index is 965. The van der Waals surface area contributed by atoms with Crippen LogP contribution in [0, 0.1) is 0 Å². The number of nitrogens with one attached hydrogen (secondary N) is 1. The summed E-state index contributed by atoms with van der Waals surface area (Å²) in [5.74, 6) is 0. The van der Waals surface area contributed by atoms with Crippen LogP contribution in [0.3, 0.4) is 0 Å². The number of hydrogen-bond donors (Lipinski definition) is 2. The van der Waals surface area contributed by atoms with E-state index in [0.29, 0.717) is 12.0 Å². The minimum atomic E-state index is 0.325. The molecule has 0 atom stereocenters. The zero-order chi connectivity index (χ0) is 17.6. The van der Waals surface area contributed by atoms with Gasteiger partial charge in [0.1, 0.15) is 0 Å². The minimum absolute atomic E-state index is 0.325. The molecule has 132 valence electrons. The lowest BCUT2D eigenvalue weighted by atomic mass is 10.1. The van der Waals surface area contributed by atoms with Crippen molar-refractivity contribution in [3.05, 3.63) is 54.1 Å². The van der Waals surface area contributed by atoms with Gasteiger partial charge in [0.2, 0.25) is 0 Å². The van der Waals surface area contributed by atoms with Crippen molar-refractivity contribution in [3.63, 3.8) is 0 Å². The Hall–Kier alpha value is -2.73. The van der Waals surface area contributed by atoms with Crippen LogP contribution >= 0.6 is 0 Å². The average molecular weight is 346 g/mol. The van der Waals surface area contributed by atoms with Crippen LogP contribution in [0.15, 0.2) is 42.9 Å². The Morgan fingerprint density at radius 1 is 1.04 bits per heavy atom. The molecule has 0 bridgehead atoms. The molecule has 2 aliphatic rings. The molecule has 0 amide bonds. The highest BCUT2D eigenvalue weighted by Gasteiger charge is 2.45. The van der Waals surface area contributed by atoms with Gasteiger partial charge < -0.3 is 16.0 Å². The van der Waals surface area contributed by atoms with Crippen molar-refractivity contribution >= 4 is 22.4 Å². The second kappa shape index (κ2) is 5.92. The first-order valence-corrected chi connectivity index (χ1v) is 9.15. The quantitative estimate of drug-likeness (QED) is 0.756. The summed E-state index contributed by atoms with van der Waals surface area (Å²) in [5.41, 5.74) is 12.6. The number of benzene rings is 1. The molecule has 26 heavy (non-hydrogen) atoms. The van der Waals surface area contributed by atoms with Crippen molar-refractivity contribution in [2.45, 2.75) is 24.8 Å². The Labute approximate surface area is 152 Å². The topological polar surface area (TPSA) is 80.0 Å². The maximum Gasteiger partial charge on any atom is 0.0889 e. The third-order valence-corrected chi connectivity index (χ3v) is 5.52. The van der Waals surface area contributed by atoms with E-state index >= 15 is 0 Å². The van der Waals surface area contributed by atoms with E-state index in [2.05, 4.69) is 37.3 Å². The molecule has 2 fully saturated rings. The molecule has 0 radical (unpaired) electrons. The van der Waals surface area contributed by atoms with E-state index in [1.807, 2.05) is 18.3 Å². The second-order valence-corrected chi connectivity index (χ2v) is 7.38. The largest absolute Gasteiger partial charge is 0.396 e. The Morgan fingerprint density at radius 2 is 1.88 bits per heavy atom. The second-order valence-electron chi connectivity index (χ2n) is 7.38. The first-order chi connectivity index (χ1) is 12.7. The van der Waals surface area contributed by atoms with Crippen molar-refractivity contribution in [2.75, 3.05) is 30.3 Å². The van der Waals surface area contributed by atoms with Crippen molar-refractivity contribution in [1.29, 1.82) is 0 Å². The van der Waals surface area contributed by atoms with E-state index in [1.54, 1.807) is 12.4 Å². The van der Waals surface area contributed by atoms with Crippen LogP contribution in [0.2, 0.25) is 0 Å². The highest BCUT2D eigenvalue weighted by molar-refractivity contribution is 5.75. The number of nitrogen functional groups attached to an aromatic ring is 1. The summed E-state index contributed by atoms with van der Waals surface area (Å²) < 4.78 is 0. The van der Waals surface area contributed by atoms with E-state index in [1.165, 1.54) is 12.8 Å². The fraction of sp³-hybridized carbons (Fsp3) is 0.350. The molecule has 3 aromatic rings. The normalized spacial score (nSPS) is 18.4. The molecule has 3 heterocycles. The number of piperazine rings is 1. The highest BCUT2D eigenvalue weighted by atomic mass is 15.3. The summed E-state index contributed by atoms with van der Waals surface area (Å²) in [4.78, 5) is 15.7.